The molecule has 1 aliphatic rings. The number of rotatable bonds is 15. The van der Waals surface area contributed by atoms with Crippen LogP contribution in [0.2, 0.25) is 0 Å². The summed E-state index contributed by atoms with van der Waals surface area (Å²) in [7, 11) is 0. The van der Waals surface area contributed by atoms with E-state index in [4.69, 9.17) is 14.6 Å². The van der Waals surface area contributed by atoms with E-state index in [1.165, 1.54) is 0 Å². The number of amides is 2. The number of ether oxygens (including phenoxy) is 2. The van der Waals surface area contributed by atoms with Crippen molar-refractivity contribution in [2.45, 2.75) is 57.1 Å². The van der Waals surface area contributed by atoms with Gasteiger partial charge in [0.25, 0.3) is 0 Å². The Kier molecular flexibility index (Phi) is 11.1. The van der Waals surface area contributed by atoms with E-state index in [-0.39, 0.29) is 32.0 Å². The molecule has 0 fully saturated rings. The highest BCUT2D eigenvalue weighted by molar-refractivity contribution is 5.89. The van der Waals surface area contributed by atoms with Gasteiger partial charge in [-0.15, -0.1) is 0 Å². The lowest BCUT2D eigenvalue weighted by molar-refractivity contribution is -0.147. The van der Waals surface area contributed by atoms with Crippen molar-refractivity contribution in [2.24, 2.45) is 0 Å². The molecule has 42 heavy (non-hydrogen) atoms. The van der Waals surface area contributed by atoms with Crippen LogP contribution in [0.25, 0.3) is 11.1 Å². The lowest BCUT2D eigenvalue weighted by Gasteiger charge is -2.19. The van der Waals surface area contributed by atoms with Crippen molar-refractivity contribution in [3.05, 3.63) is 95.6 Å². The van der Waals surface area contributed by atoms with E-state index in [1.807, 2.05) is 78.9 Å². The Morgan fingerprint density at radius 1 is 0.762 bits per heavy atom. The summed E-state index contributed by atoms with van der Waals surface area (Å²) >= 11 is 0. The molecule has 0 spiro atoms. The van der Waals surface area contributed by atoms with Gasteiger partial charge in [0.1, 0.15) is 19.3 Å². The largest absolute Gasteiger partial charge is 0.481 e. The average molecular weight is 573 g/mol. The number of aliphatic carboxylic acids is 1. The van der Waals surface area contributed by atoms with Gasteiger partial charge < -0.3 is 25.2 Å². The topological polar surface area (TPSA) is 131 Å². The monoisotopic (exact) mass is 572 g/mol. The molecule has 0 bridgehead atoms. The summed E-state index contributed by atoms with van der Waals surface area (Å²) in [5.74, 6) is -2.13. The number of carbonyl (C=O) groups is 4. The summed E-state index contributed by atoms with van der Waals surface area (Å²) in [5.41, 5.74) is 5.13. The summed E-state index contributed by atoms with van der Waals surface area (Å²) in [4.78, 5) is 49.1. The minimum atomic E-state index is -1.18. The number of esters is 1. The van der Waals surface area contributed by atoms with Crippen LogP contribution in [0.3, 0.4) is 0 Å². The number of nitrogens with one attached hydrogen (secondary N) is 2. The molecule has 0 radical (unpaired) electrons. The van der Waals surface area contributed by atoms with Gasteiger partial charge in [-0.3, -0.25) is 14.4 Å². The summed E-state index contributed by atoms with van der Waals surface area (Å²) in [6, 6.07) is 23.9. The lowest BCUT2D eigenvalue weighted by Crippen LogP contribution is -2.48. The quantitative estimate of drug-likeness (QED) is 0.169. The number of fused-ring (bicyclic) bond motifs is 3. The zero-order chi connectivity index (χ0) is 29.7. The molecule has 4 rings (SSSR count). The van der Waals surface area contributed by atoms with Crippen molar-refractivity contribution in [3.8, 4) is 11.1 Å². The Bertz CT molecular complexity index is 1330. The number of benzene rings is 3. The second kappa shape index (κ2) is 15.4. The molecule has 9 heteroatoms. The number of carboxylic acids is 1. The van der Waals surface area contributed by atoms with E-state index in [2.05, 4.69) is 10.6 Å². The predicted octanol–water partition coefficient (Wildman–Crippen LogP) is 5.18. The maximum absolute atomic E-state index is 13.0. The Morgan fingerprint density at radius 3 is 2.05 bits per heavy atom. The first-order valence-corrected chi connectivity index (χ1v) is 14.2. The first-order valence-electron chi connectivity index (χ1n) is 14.2. The standard InChI is InChI=1S/C33H36N2O7/c36-30(37)18-6-1-2-11-19-34-32(39)29(20-31(38)41-21-23-12-4-3-5-13-23)35-33(40)42-22-28-26-16-9-7-14-24(26)25-15-8-10-17-27(25)28/h3-5,7-10,12-17,28-29H,1-2,6,11,18-22H2,(H,34,39)(H,35,40)(H,36,37)/t29-/m0/s1. The number of hydrogen-bond acceptors (Lipinski definition) is 6. The second-order valence-corrected chi connectivity index (χ2v) is 10.2. The van der Waals surface area contributed by atoms with Crippen LogP contribution in [0, 0.1) is 0 Å². The van der Waals surface area contributed by atoms with E-state index in [1.54, 1.807) is 0 Å². The maximum Gasteiger partial charge on any atom is 0.407 e. The predicted molar refractivity (Wildman–Crippen MR) is 157 cm³/mol. The molecule has 220 valence electrons. The Hall–Kier alpha value is -4.66. The molecular weight excluding hydrogens is 536 g/mol. The highest BCUT2D eigenvalue weighted by Gasteiger charge is 2.30. The van der Waals surface area contributed by atoms with Crippen LogP contribution < -0.4 is 10.6 Å². The maximum atomic E-state index is 13.0. The van der Waals surface area contributed by atoms with E-state index >= 15 is 0 Å². The fourth-order valence-electron chi connectivity index (χ4n) is 5.04. The number of carboxylic acid groups (broad SMARTS) is 1. The zero-order valence-electron chi connectivity index (χ0n) is 23.4. The first-order chi connectivity index (χ1) is 20.4. The van der Waals surface area contributed by atoms with Crippen LogP contribution >= 0.6 is 0 Å². The summed E-state index contributed by atoms with van der Waals surface area (Å²) < 4.78 is 10.9. The molecule has 0 aromatic heterocycles. The van der Waals surface area contributed by atoms with Crippen LogP contribution in [-0.2, 0) is 30.5 Å². The number of hydrogen-bond donors (Lipinski definition) is 3. The molecule has 3 aromatic carbocycles. The van der Waals surface area contributed by atoms with Gasteiger partial charge >= 0.3 is 18.0 Å². The van der Waals surface area contributed by atoms with E-state index in [0.29, 0.717) is 19.4 Å². The molecule has 3 N–H and O–H groups in total. The molecule has 0 saturated carbocycles. The van der Waals surface area contributed by atoms with Crippen LogP contribution in [0.5, 0.6) is 0 Å². The minimum absolute atomic E-state index is 0.0509. The van der Waals surface area contributed by atoms with Gasteiger partial charge in [0.15, 0.2) is 0 Å². The van der Waals surface area contributed by atoms with Crippen molar-refractivity contribution >= 4 is 23.9 Å². The third-order valence-corrected chi connectivity index (χ3v) is 7.18. The van der Waals surface area contributed by atoms with Gasteiger partial charge in [-0.2, -0.15) is 0 Å². The van der Waals surface area contributed by atoms with Crippen molar-refractivity contribution in [3.63, 3.8) is 0 Å². The van der Waals surface area contributed by atoms with Crippen LogP contribution in [0.1, 0.15) is 61.1 Å². The minimum Gasteiger partial charge on any atom is -0.481 e. The van der Waals surface area contributed by atoms with E-state index in [9.17, 15) is 19.2 Å². The molecule has 1 aliphatic carbocycles. The van der Waals surface area contributed by atoms with Gasteiger partial charge in [-0.25, -0.2) is 4.79 Å². The third kappa shape index (κ3) is 8.67. The molecular formula is C33H36N2O7. The third-order valence-electron chi connectivity index (χ3n) is 7.18. The zero-order valence-corrected chi connectivity index (χ0v) is 23.4. The van der Waals surface area contributed by atoms with Crippen molar-refractivity contribution in [1.82, 2.24) is 10.6 Å². The fourth-order valence-corrected chi connectivity index (χ4v) is 5.04. The molecule has 1 atom stereocenters. The highest BCUT2D eigenvalue weighted by atomic mass is 16.5. The molecule has 2 amide bonds. The summed E-state index contributed by atoms with van der Waals surface area (Å²) in [5, 5.41) is 14.1. The fraction of sp³-hybridized carbons (Fsp3) is 0.333. The van der Waals surface area contributed by atoms with Gasteiger partial charge in [-0.1, -0.05) is 91.7 Å². The van der Waals surface area contributed by atoms with Crippen molar-refractivity contribution in [1.29, 1.82) is 0 Å². The van der Waals surface area contributed by atoms with Gasteiger partial charge in [-0.05, 0) is 40.7 Å². The molecule has 0 heterocycles. The molecule has 9 nitrogen and oxygen atoms in total. The normalized spacial score (nSPS) is 12.5. The smallest absolute Gasteiger partial charge is 0.407 e. The second-order valence-electron chi connectivity index (χ2n) is 10.2. The van der Waals surface area contributed by atoms with E-state index < -0.39 is 30.0 Å². The van der Waals surface area contributed by atoms with Gasteiger partial charge in [0, 0.05) is 18.9 Å². The number of carbonyl (C=O) groups excluding carboxylic acids is 3. The van der Waals surface area contributed by atoms with Crippen LogP contribution in [0.15, 0.2) is 78.9 Å². The summed E-state index contributed by atoms with van der Waals surface area (Å²) in [6.45, 7) is 0.451. The molecule has 0 aliphatic heterocycles. The van der Waals surface area contributed by atoms with E-state index in [0.717, 1.165) is 40.7 Å². The van der Waals surface area contributed by atoms with Crippen molar-refractivity contribution in [2.75, 3.05) is 13.2 Å². The Morgan fingerprint density at radius 2 is 1.38 bits per heavy atom. The molecule has 3 aromatic rings. The van der Waals surface area contributed by atoms with Crippen LogP contribution in [-0.4, -0.2) is 48.2 Å². The molecule has 0 unspecified atom stereocenters. The highest BCUT2D eigenvalue weighted by Crippen LogP contribution is 2.44. The lowest BCUT2D eigenvalue weighted by atomic mass is 9.98. The van der Waals surface area contributed by atoms with Gasteiger partial charge in [0.05, 0.1) is 6.42 Å². The Balaban J connectivity index is 1.32. The summed E-state index contributed by atoms with van der Waals surface area (Å²) in [6.07, 6.45) is 1.64. The van der Waals surface area contributed by atoms with Gasteiger partial charge in [0.2, 0.25) is 5.91 Å². The van der Waals surface area contributed by atoms with Crippen molar-refractivity contribution < 1.29 is 33.8 Å². The SMILES string of the molecule is O=C(O)CCCCCCNC(=O)[C@H](CC(=O)OCc1ccccc1)NC(=O)OCC1c2ccccc2-c2ccccc21. The number of alkyl carbamates (subject to hydrolysis) is 1. The number of unbranched alkanes of at least 4 members (excludes halogenated alkanes) is 3. The Labute approximate surface area is 245 Å². The van der Waals surface area contributed by atoms with Crippen LogP contribution in [0.4, 0.5) is 4.79 Å². The average Bonchev–Trinajstić information content (AvgIpc) is 3.32. The molecule has 0 saturated heterocycles. The first kappa shape index (κ1) is 30.3.